The van der Waals surface area contributed by atoms with Gasteiger partial charge in [-0.15, -0.1) is 0 Å². The van der Waals surface area contributed by atoms with E-state index in [0.29, 0.717) is 11.3 Å². The van der Waals surface area contributed by atoms with Gasteiger partial charge < -0.3 is 9.47 Å². The number of hydrogen-bond donors (Lipinski definition) is 0. The fourth-order valence-corrected chi connectivity index (χ4v) is 2.66. The fourth-order valence-electron chi connectivity index (χ4n) is 2.66. The molecule has 0 fully saturated rings. The normalized spacial score (nSPS) is 18.0. The highest BCUT2D eigenvalue weighted by molar-refractivity contribution is 6.05. The maximum Gasteiger partial charge on any atom is 0.415 e. The van der Waals surface area contributed by atoms with E-state index in [1.165, 1.54) is 11.0 Å². The lowest BCUT2D eigenvalue weighted by Crippen LogP contribution is -2.50. The molecule has 1 aliphatic rings. The van der Waals surface area contributed by atoms with Crippen molar-refractivity contribution >= 4 is 23.5 Å². The second kappa shape index (κ2) is 7.55. The van der Waals surface area contributed by atoms with Crippen LogP contribution in [0.4, 0.5) is 4.79 Å². The number of ether oxygens (including phenoxy) is 2. The molecule has 1 aliphatic heterocycles. The van der Waals surface area contributed by atoms with Gasteiger partial charge in [0.2, 0.25) is 0 Å². The number of nitrogens with zero attached hydrogens (tertiary/aromatic N) is 1. The highest BCUT2D eigenvalue weighted by Gasteiger charge is 2.42. The van der Waals surface area contributed by atoms with E-state index < -0.39 is 29.3 Å². The van der Waals surface area contributed by atoms with Crippen LogP contribution in [0.3, 0.4) is 0 Å². The monoisotopic (exact) mass is 373 g/mol. The first-order valence-electron chi connectivity index (χ1n) is 8.92. The maximum atomic E-state index is 12.9. The third kappa shape index (κ3) is 5.67. The molecular weight excluding hydrogens is 346 g/mol. The minimum Gasteiger partial charge on any atom is -0.458 e. The van der Waals surface area contributed by atoms with Gasteiger partial charge in [0.05, 0.1) is 5.70 Å². The molecule has 0 bridgehead atoms. The standard InChI is InChI=1S/C21H27NO5/c1-20(2,3)26-18(24)17-13-15(23)12-16(14-10-8-7-9-11-14)22(17)19(25)27-21(4,5)6/h7-12,17H,13H2,1-6H3/t17-/m0/s1. The minimum atomic E-state index is -1.08. The van der Waals surface area contributed by atoms with Crippen LogP contribution >= 0.6 is 0 Å². The van der Waals surface area contributed by atoms with E-state index in [0.717, 1.165) is 0 Å². The average Bonchev–Trinajstić information content (AvgIpc) is 2.51. The van der Waals surface area contributed by atoms with Crippen LogP contribution in [-0.4, -0.2) is 40.0 Å². The van der Waals surface area contributed by atoms with E-state index in [1.807, 2.05) is 6.07 Å². The minimum absolute atomic E-state index is 0.148. The largest absolute Gasteiger partial charge is 0.458 e. The Morgan fingerprint density at radius 2 is 1.52 bits per heavy atom. The van der Waals surface area contributed by atoms with Crippen molar-refractivity contribution in [2.45, 2.75) is 65.2 Å². The fraction of sp³-hybridized carbons (Fsp3) is 0.476. The van der Waals surface area contributed by atoms with Crippen LogP contribution in [0.1, 0.15) is 53.5 Å². The van der Waals surface area contributed by atoms with E-state index >= 15 is 0 Å². The number of benzene rings is 1. The zero-order valence-electron chi connectivity index (χ0n) is 16.7. The molecule has 0 unspecified atom stereocenters. The van der Waals surface area contributed by atoms with Crippen molar-refractivity contribution in [1.82, 2.24) is 4.90 Å². The van der Waals surface area contributed by atoms with Crippen molar-refractivity contribution in [3.63, 3.8) is 0 Å². The van der Waals surface area contributed by atoms with Crippen molar-refractivity contribution < 1.29 is 23.9 Å². The molecule has 0 spiro atoms. The van der Waals surface area contributed by atoms with Crippen LogP contribution < -0.4 is 0 Å². The van der Waals surface area contributed by atoms with Crippen LogP contribution in [0.25, 0.3) is 5.70 Å². The SMILES string of the molecule is CC(C)(C)OC(=O)[C@@H]1CC(=O)C=C(c2ccccc2)N1C(=O)OC(C)(C)C. The molecule has 27 heavy (non-hydrogen) atoms. The third-order valence-electron chi connectivity index (χ3n) is 3.60. The van der Waals surface area contributed by atoms with Gasteiger partial charge in [-0.25, -0.2) is 9.59 Å². The molecule has 1 aromatic carbocycles. The molecule has 6 nitrogen and oxygen atoms in total. The number of esters is 1. The lowest BCUT2D eigenvalue weighted by Gasteiger charge is -2.37. The van der Waals surface area contributed by atoms with Crippen molar-refractivity contribution in [1.29, 1.82) is 0 Å². The Labute approximate surface area is 160 Å². The Morgan fingerprint density at radius 3 is 2.04 bits per heavy atom. The molecule has 0 saturated carbocycles. The summed E-state index contributed by atoms with van der Waals surface area (Å²) in [5, 5.41) is 0. The summed E-state index contributed by atoms with van der Waals surface area (Å²) < 4.78 is 11.0. The maximum absolute atomic E-state index is 12.9. The summed E-state index contributed by atoms with van der Waals surface area (Å²) in [5.41, 5.74) is -0.519. The molecule has 0 radical (unpaired) electrons. The highest BCUT2D eigenvalue weighted by atomic mass is 16.6. The molecule has 146 valence electrons. The molecule has 0 saturated heterocycles. The van der Waals surface area contributed by atoms with Crippen molar-refractivity contribution in [3.8, 4) is 0 Å². The first kappa shape index (κ1) is 20.7. The van der Waals surface area contributed by atoms with Crippen LogP contribution in [-0.2, 0) is 19.1 Å². The van der Waals surface area contributed by atoms with E-state index in [9.17, 15) is 14.4 Å². The summed E-state index contributed by atoms with van der Waals surface area (Å²) in [6, 6.07) is 7.89. The molecule has 0 N–H and O–H groups in total. The van der Waals surface area contributed by atoms with Crippen molar-refractivity contribution in [2.75, 3.05) is 0 Å². The lowest BCUT2D eigenvalue weighted by molar-refractivity contribution is -0.161. The van der Waals surface area contributed by atoms with Gasteiger partial charge >= 0.3 is 12.1 Å². The number of hydrogen-bond acceptors (Lipinski definition) is 5. The average molecular weight is 373 g/mol. The van der Waals surface area contributed by atoms with Crippen LogP contribution in [0.2, 0.25) is 0 Å². The smallest absolute Gasteiger partial charge is 0.415 e. The van der Waals surface area contributed by atoms with Crippen LogP contribution in [0.15, 0.2) is 36.4 Å². The molecule has 0 aromatic heterocycles. The highest BCUT2D eigenvalue weighted by Crippen LogP contribution is 2.31. The summed E-state index contributed by atoms with van der Waals surface area (Å²) >= 11 is 0. The van der Waals surface area contributed by atoms with E-state index in [2.05, 4.69) is 0 Å². The van der Waals surface area contributed by atoms with Gasteiger partial charge in [-0.3, -0.25) is 9.69 Å². The number of carbonyl (C=O) groups excluding carboxylic acids is 3. The molecule has 1 amide bonds. The number of ketones is 1. The summed E-state index contributed by atoms with van der Waals surface area (Å²) in [6.45, 7) is 10.4. The van der Waals surface area contributed by atoms with Gasteiger partial charge in [0.15, 0.2) is 5.78 Å². The number of carbonyl (C=O) groups is 3. The van der Waals surface area contributed by atoms with Crippen LogP contribution in [0, 0.1) is 0 Å². The Morgan fingerprint density at radius 1 is 0.963 bits per heavy atom. The third-order valence-corrected chi connectivity index (χ3v) is 3.60. The Balaban J connectivity index is 2.49. The Kier molecular flexibility index (Phi) is 5.78. The van der Waals surface area contributed by atoms with Gasteiger partial charge in [-0.1, -0.05) is 30.3 Å². The quantitative estimate of drug-likeness (QED) is 0.734. The van der Waals surface area contributed by atoms with E-state index in [-0.39, 0.29) is 12.2 Å². The first-order valence-corrected chi connectivity index (χ1v) is 8.92. The second-order valence-corrected chi connectivity index (χ2v) is 8.47. The summed E-state index contributed by atoms with van der Waals surface area (Å²) in [4.78, 5) is 39.2. The molecule has 0 aliphatic carbocycles. The predicted molar refractivity (Wildman–Crippen MR) is 102 cm³/mol. The zero-order chi connectivity index (χ0) is 20.4. The lowest BCUT2D eigenvalue weighted by atomic mass is 9.98. The zero-order valence-corrected chi connectivity index (χ0v) is 16.7. The summed E-state index contributed by atoms with van der Waals surface area (Å²) in [5.74, 6) is -0.882. The van der Waals surface area contributed by atoms with E-state index in [4.69, 9.17) is 9.47 Å². The molecular formula is C21H27NO5. The Hall–Kier alpha value is -2.63. The molecule has 1 atom stereocenters. The number of rotatable bonds is 2. The topological polar surface area (TPSA) is 72.9 Å². The second-order valence-electron chi connectivity index (χ2n) is 8.47. The molecule has 6 heteroatoms. The van der Waals surface area contributed by atoms with Gasteiger partial charge in [0, 0.05) is 12.5 Å². The van der Waals surface area contributed by atoms with Gasteiger partial charge in [0.25, 0.3) is 0 Å². The number of amides is 1. The molecule has 1 heterocycles. The van der Waals surface area contributed by atoms with Crippen molar-refractivity contribution in [2.24, 2.45) is 0 Å². The number of allylic oxidation sites excluding steroid dienone is 1. The van der Waals surface area contributed by atoms with Gasteiger partial charge in [0.1, 0.15) is 17.2 Å². The van der Waals surface area contributed by atoms with Crippen LogP contribution in [0.5, 0.6) is 0 Å². The first-order chi connectivity index (χ1) is 12.4. The predicted octanol–water partition coefficient (Wildman–Crippen LogP) is 3.95. The molecule has 2 rings (SSSR count). The van der Waals surface area contributed by atoms with Gasteiger partial charge in [-0.2, -0.15) is 0 Å². The molecule has 1 aromatic rings. The summed E-state index contributed by atoms with van der Waals surface area (Å²) in [6.07, 6.45) is 0.533. The Bertz CT molecular complexity index is 753. The van der Waals surface area contributed by atoms with Crippen molar-refractivity contribution in [3.05, 3.63) is 42.0 Å². The van der Waals surface area contributed by atoms with Gasteiger partial charge in [-0.05, 0) is 47.1 Å². The van der Waals surface area contributed by atoms with E-state index in [1.54, 1.807) is 65.8 Å². The summed E-state index contributed by atoms with van der Waals surface area (Å²) in [7, 11) is 0.